The third-order valence-electron chi connectivity index (χ3n) is 6.91. The normalized spacial score (nSPS) is 12.4. The first-order valence-electron chi connectivity index (χ1n) is 14.9. The van der Waals surface area contributed by atoms with E-state index in [2.05, 4.69) is 26.0 Å². The molecule has 14 heteroatoms. The number of rotatable bonds is 20. The van der Waals surface area contributed by atoms with Crippen molar-refractivity contribution in [3.05, 3.63) is 65.7 Å². The topological polar surface area (TPSA) is 189 Å². The zero-order chi connectivity index (χ0) is 33.0. The van der Waals surface area contributed by atoms with E-state index in [0.29, 0.717) is 38.0 Å². The Kier molecular flexibility index (Phi) is 19.8. The fourth-order valence-corrected chi connectivity index (χ4v) is 4.84. The lowest BCUT2D eigenvalue weighted by Crippen LogP contribution is -2.54. The molecule has 2 rings (SSSR count). The van der Waals surface area contributed by atoms with E-state index in [1.165, 1.54) is 31.0 Å². The van der Waals surface area contributed by atoms with Crippen LogP contribution >= 0.6 is 24.2 Å². The monoisotopic (exact) mass is 679 g/mol. The molecule has 0 aliphatic rings. The molecular weight excluding hydrogens is 634 g/mol. The molecule has 0 aliphatic carbocycles. The average Bonchev–Trinajstić information content (AvgIpc) is 3.04. The number of benzene rings is 2. The number of aromatic hydroxyl groups is 1. The van der Waals surface area contributed by atoms with Gasteiger partial charge >= 0.3 is 5.97 Å². The van der Waals surface area contributed by atoms with Gasteiger partial charge in [0.25, 0.3) is 0 Å². The molecule has 2 aromatic rings. The lowest BCUT2D eigenvalue weighted by molar-refractivity contribution is -0.140. The van der Waals surface area contributed by atoms with E-state index in [4.69, 9.17) is 5.73 Å². The van der Waals surface area contributed by atoms with E-state index in [-0.39, 0.29) is 42.9 Å². The SMILES string of the molecule is COC(=O)CCCCCNC(=O)[C@H](Cc1ccccc1)NC(=O)CNC(=O)[C@@H](CCSC)NC(=O)[C@@H](N)Cc1ccc(O)cc1.Cl. The first-order chi connectivity index (χ1) is 21.6. The smallest absolute Gasteiger partial charge is 0.305 e. The summed E-state index contributed by atoms with van der Waals surface area (Å²) >= 11 is 1.51. The van der Waals surface area contributed by atoms with Gasteiger partial charge < -0.3 is 36.8 Å². The fraction of sp³-hybridized carbons (Fsp3) is 0.469. The van der Waals surface area contributed by atoms with Crippen molar-refractivity contribution in [2.24, 2.45) is 5.73 Å². The minimum Gasteiger partial charge on any atom is -0.508 e. The first-order valence-corrected chi connectivity index (χ1v) is 16.3. The van der Waals surface area contributed by atoms with E-state index in [0.717, 1.165) is 17.5 Å². The molecule has 0 saturated heterocycles. The number of hydrogen-bond donors (Lipinski definition) is 6. The first kappa shape index (κ1) is 40.2. The minimum absolute atomic E-state index is 0. The summed E-state index contributed by atoms with van der Waals surface area (Å²) in [6.07, 6.45) is 5.02. The maximum Gasteiger partial charge on any atom is 0.305 e. The van der Waals surface area contributed by atoms with Gasteiger partial charge in [-0.15, -0.1) is 12.4 Å². The number of hydrogen-bond acceptors (Lipinski definition) is 9. The number of ether oxygens (including phenoxy) is 1. The molecule has 0 aliphatic heterocycles. The third kappa shape index (κ3) is 16.0. The van der Waals surface area contributed by atoms with Crippen LogP contribution in [0.5, 0.6) is 5.75 Å². The van der Waals surface area contributed by atoms with Crippen LogP contribution in [0.2, 0.25) is 0 Å². The zero-order valence-corrected chi connectivity index (χ0v) is 27.9. The molecule has 0 spiro atoms. The Hall–Kier alpha value is -3.81. The number of methoxy groups -OCH3 is 1. The molecule has 0 bridgehead atoms. The van der Waals surface area contributed by atoms with E-state index < -0.39 is 42.4 Å². The number of esters is 1. The van der Waals surface area contributed by atoms with Gasteiger partial charge in [0.15, 0.2) is 0 Å². The van der Waals surface area contributed by atoms with Gasteiger partial charge in [-0.05, 0) is 61.0 Å². The third-order valence-corrected chi connectivity index (χ3v) is 7.56. The van der Waals surface area contributed by atoms with Gasteiger partial charge in [-0.1, -0.05) is 48.9 Å². The minimum atomic E-state index is -0.924. The second-order valence-electron chi connectivity index (χ2n) is 10.5. The molecular formula is C32H46ClN5O7S. The van der Waals surface area contributed by atoms with Crippen molar-refractivity contribution >= 4 is 53.8 Å². The van der Waals surface area contributed by atoms with E-state index >= 15 is 0 Å². The molecule has 0 heterocycles. The van der Waals surface area contributed by atoms with Crippen LogP contribution in [-0.2, 0) is 41.6 Å². The van der Waals surface area contributed by atoms with Gasteiger partial charge in [-0.2, -0.15) is 11.8 Å². The van der Waals surface area contributed by atoms with Gasteiger partial charge in [0.2, 0.25) is 23.6 Å². The number of carbonyl (C=O) groups excluding carboxylic acids is 5. The van der Waals surface area contributed by atoms with E-state index in [1.807, 2.05) is 36.6 Å². The number of phenolic OH excluding ortho intramolecular Hbond substituents is 1. The van der Waals surface area contributed by atoms with Crippen molar-refractivity contribution in [1.82, 2.24) is 21.3 Å². The fourth-order valence-electron chi connectivity index (χ4n) is 4.36. The Morgan fingerprint density at radius 3 is 2.13 bits per heavy atom. The number of halogens is 1. The molecule has 0 radical (unpaired) electrons. The van der Waals surface area contributed by atoms with Crippen molar-refractivity contribution in [3.8, 4) is 5.75 Å². The lowest BCUT2D eigenvalue weighted by Gasteiger charge is -2.22. The predicted molar refractivity (Wildman–Crippen MR) is 181 cm³/mol. The number of thioether (sulfide) groups is 1. The Labute approximate surface area is 280 Å². The summed E-state index contributed by atoms with van der Waals surface area (Å²) in [5.74, 6) is -1.57. The van der Waals surface area contributed by atoms with Crippen molar-refractivity contribution in [1.29, 1.82) is 0 Å². The van der Waals surface area contributed by atoms with Crippen molar-refractivity contribution in [2.45, 2.75) is 63.1 Å². The molecule has 254 valence electrons. The van der Waals surface area contributed by atoms with E-state index in [1.54, 1.807) is 12.1 Å². The van der Waals surface area contributed by atoms with Gasteiger partial charge in [0.1, 0.15) is 17.8 Å². The van der Waals surface area contributed by atoms with Crippen LogP contribution in [0.25, 0.3) is 0 Å². The maximum atomic E-state index is 13.0. The van der Waals surface area contributed by atoms with Gasteiger partial charge in [0, 0.05) is 19.4 Å². The highest BCUT2D eigenvalue weighted by molar-refractivity contribution is 7.98. The standard InChI is InChI=1S/C32H45N5O7S.ClH/c1-44-29(40)11-7-4-8-17-34-32(43)27(20-22-9-5-3-6-10-22)36-28(39)21-35-31(42)26(16-18-45-2)37-30(41)25(33)19-23-12-14-24(38)15-13-23;/h3,5-6,9-10,12-15,25-27,38H,4,7-8,11,16-21,33H2,1-2H3,(H,34,43)(H,35,42)(H,36,39)(H,37,41);1H/t25-,26+,27-;/m0./s1. The number of phenols is 1. The average molecular weight is 680 g/mol. The number of carbonyl (C=O) groups is 5. The molecule has 12 nitrogen and oxygen atoms in total. The second-order valence-corrected chi connectivity index (χ2v) is 11.5. The zero-order valence-electron chi connectivity index (χ0n) is 26.3. The summed E-state index contributed by atoms with van der Waals surface area (Å²) in [4.78, 5) is 62.9. The number of amides is 4. The van der Waals surface area contributed by atoms with Crippen LogP contribution in [0.4, 0.5) is 0 Å². The molecule has 0 fully saturated rings. The number of nitrogens with two attached hydrogens (primary N) is 1. The van der Waals surface area contributed by atoms with Gasteiger partial charge in [0.05, 0.1) is 19.7 Å². The van der Waals surface area contributed by atoms with Gasteiger partial charge in [-0.25, -0.2) is 0 Å². The van der Waals surface area contributed by atoms with Crippen molar-refractivity contribution in [3.63, 3.8) is 0 Å². The van der Waals surface area contributed by atoms with Crippen molar-refractivity contribution in [2.75, 3.05) is 32.2 Å². The maximum absolute atomic E-state index is 13.0. The summed E-state index contributed by atoms with van der Waals surface area (Å²) in [6.45, 7) is -0.0142. The molecule has 0 saturated carbocycles. The van der Waals surface area contributed by atoms with Gasteiger partial charge in [-0.3, -0.25) is 24.0 Å². The lowest BCUT2D eigenvalue weighted by atomic mass is 10.0. The van der Waals surface area contributed by atoms with Crippen LogP contribution in [0, 0.1) is 0 Å². The van der Waals surface area contributed by atoms with E-state index in [9.17, 15) is 29.1 Å². The number of nitrogens with one attached hydrogen (secondary N) is 4. The number of unbranched alkanes of at least 4 members (excludes halogenated alkanes) is 2. The predicted octanol–water partition coefficient (Wildman–Crippen LogP) is 1.62. The summed E-state index contributed by atoms with van der Waals surface area (Å²) in [6, 6.07) is 12.9. The summed E-state index contributed by atoms with van der Waals surface area (Å²) in [5.41, 5.74) is 7.68. The van der Waals surface area contributed by atoms with Crippen LogP contribution in [0.1, 0.15) is 43.2 Å². The molecule has 46 heavy (non-hydrogen) atoms. The molecule has 2 aromatic carbocycles. The molecule has 0 unspecified atom stereocenters. The summed E-state index contributed by atoms with van der Waals surface area (Å²) in [5, 5.41) is 20.3. The molecule has 3 atom stereocenters. The Balaban J connectivity index is 0.0000106. The Morgan fingerprint density at radius 2 is 1.48 bits per heavy atom. The van der Waals surface area contributed by atoms with Crippen LogP contribution < -0.4 is 27.0 Å². The Morgan fingerprint density at radius 1 is 0.826 bits per heavy atom. The highest BCUT2D eigenvalue weighted by Gasteiger charge is 2.25. The van der Waals surface area contributed by atoms with Crippen molar-refractivity contribution < 1.29 is 33.8 Å². The van der Waals surface area contributed by atoms with Crippen LogP contribution in [0.15, 0.2) is 54.6 Å². The quantitative estimate of drug-likeness (QED) is 0.0892. The highest BCUT2D eigenvalue weighted by Crippen LogP contribution is 2.11. The van der Waals surface area contributed by atoms with Crippen LogP contribution in [0.3, 0.4) is 0 Å². The molecule has 7 N–H and O–H groups in total. The second kappa shape index (κ2) is 22.7. The summed E-state index contributed by atoms with van der Waals surface area (Å²) in [7, 11) is 1.34. The highest BCUT2D eigenvalue weighted by atomic mass is 35.5. The largest absolute Gasteiger partial charge is 0.508 e. The van der Waals surface area contributed by atoms with Crippen LogP contribution in [-0.4, -0.2) is 85.0 Å². The molecule has 0 aromatic heterocycles. The Bertz CT molecular complexity index is 1240. The summed E-state index contributed by atoms with van der Waals surface area (Å²) < 4.78 is 4.63. The molecule has 4 amide bonds.